The molecule has 2 N–H and O–H groups in total. The van der Waals surface area contributed by atoms with Gasteiger partial charge in [-0.05, 0) is 54.1 Å². The first-order valence-electron chi connectivity index (χ1n) is 7.62. The monoisotopic (exact) mass is 441 g/mol. The summed E-state index contributed by atoms with van der Waals surface area (Å²) >= 11 is 8.33. The minimum Gasteiger partial charge on any atom is -0.494 e. The SMILES string of the molecule is CCOc1ccc(NC(=S)NC(=O)c2nn(CC)cc2Br)c([N+](=O)[O-])c1. The number of benzene rings is 1. The van der Waals surface area contributed by atoms with Gasteiger partial charge in [0.2, 0.25) is 0 Å². The fraction of sp³-hybridized carbons (Fsp3) is 0.267. The number of nitro benzene ring substituents is 1. The van der Waals surface area contributed by atoms with Crippen LogP contribution in [0.25, 0.3) is 0 Å². The lowest BCUT2D eigenvalue weighted by Crippen LogP contribution is -2.34. The number of carbonyl (C=O) groups is 1. The van der Waals surface area contributed by atoms with Gasteiger partial charge in [-0.25, -0.2) is 0 Å². The van der Waals surface area contributed by atoms with E-state index in [0.29, 0.717) is 23.4 Å². The zero-order chi connectivity index (χ0) is 19.3. The number of amides is 1. The first kappa shape index (κ1) is 19.8. The lowest BCUT2D eigenvalue weighted by Gasteiger charge is -2.10. The Hall–Kier alpha value is -2.53. The molecule has 1 aromatic carbocycles. The molecule has 0 unspecified atom stereocenters. The van der Waals surface area contributed by atoms with Crippen LogP contribution in [0.5, 0.6) is 5.75 Å². The van der Waals surface area contributed by atoms with E-state index in [1.165, 1.54) is 12.1 Å². The van der Waals surface area contributed by atoms with Gasteiger partial charge in [-0.2, -0.15) is 5.10 Å². The van der Waals surface area contributed by atoms with Gasteiger partial charge in [0.05, 0.1) is 22.1 Å². The third kappa shape index (κ3) is 4.76. The van der Waals surface area contributed by atoms with E-state index in [0.717, 1.165) is 0 Å². The maximum atomic E-state index is 12.3. The summed E-state index contributed by atoms with van der Waals surface area (Å²) in [5.74, 6) is -0.163. The van der Waals surface area contributed by atoms with Crippen LogP contribution in [0.15, 0.2) is 28.9 Å². The van der Waals surface area contributed by atoms with E-state index in [1.54, 1.807) is 23.9 Å². The summed E-state index contributed by atoms with van der Waals surface area (Å²) in [7, 11) is 0. The molecule has 0 atom stereocenters. The van der Waals surface area contributed by atoms with E-state index >= 15 is 0 Å². The summed E-state index contributed by atoms with van der Waals surface area (Å²) < 4.78 is 7.36. The summed E-state index contributed by atoms with van der Waals surface area (Å²) in [6.45, 7) is 4.66. The Kier molecular flexibility index (Phi) is 6.64. The van der Waals surface area contributed by atoms with Gasteiger partial charge >= 0.3 is 0 Å². The van der Waals surface area contributed by atoms with Gasteiger partial charge in [-0.1, -0.05) is 0 Å². The molecule has 1 amide bonds. The van der Waals surface area contributed by atoms with Crippen LogP contribution in [-0.2, 0) is 6.54 Å². The Balaban J connectivity index is 2.12. The number of aromatic nitrogens is 2. The molecule has 2 aromatic rings. The van der Waals surface area contributed by atoms with Crippen LogP contribution in [0.1, 0.15) is 24.3 Å². The highest BCUT2D eigenvalue weighted by Crippen LogP contribution is 2.29. The average molecular weight is 442 g/mol. The first-order valence-corrected chi connectivity index (χ1v) is 8.82. The molecule has 11 heteroatoms. The van der Waals surface area contributed by atoms with Crippen molar-refractivity contribution in [1.29, 1.82) is 0 Å². The van der Waals surface area contributed by atoms with Crippen molar-refractivity contribution >= 4 is 50.5 Å². The number of rotatable bonds is 6. The fourth-order valence-electron chi connectivity index (χ4n) is 2.05. The van der Waals surface area contributed by atoms with Crippen molar-refractivity contribution in [3.8, 4) is 5.75 Å². The number of nitro groups is 1. The van der Waals surface area contributed by atoms with Crippen molar-refractivity contribution in [2.45, 2.75) is 20.4 Å². The highest BCUT2D eigenvalue weighted by atomic mass is 79.9. The van der Waals surface area contributed by atoms with E-state index in [1.807, 2.05) is 6.92 Å². The molecule has 0 aliphatic rings. The molecule has 9 nitrogen and oxygen atoms in total. The molecule has 0 aliphatic carbocycles. The Morgan fingerprint density at radius 1 is 1.46 bits per heavy atom. The second kappa shape index (κ2) is 8.72. The average Bonchev–Trinajstić information content (AvgIpc) is 2.97. The minimum absolute atomic E-state index is 0.0831. The van der Waals surface area contributed by atoms with Gasteiger partial charge in [-0.15, -0.1) is 0 Å². The van der Waals surface area contributed by atoms with Crippen molar-refractivity contribution in [2.24, 2.45) is 0 Å². The highest BCUT2D eigenvalue weighted by molar-refractivity contribution is 9.10. The number of ether oxygens (including phenoxy) is 1. The van der Waals surface area contributed by atoms with Gasteiger partial charge in [0, 0.05) is 12.7 Å². The second-order valence-corrected chi connectivity index (χ2v) is 6.22. The molecule has 0 fully saturated rings. The number of hydrogen-bond donors (Lipinski definition) is 2. The Morgan fingerprint density at radius 3 is 2.77 bits per heavy atom. The molecule has 0 saturated heterocycles. The van der Waals surface area contributed by atoms with Gasteiger partial charge in [0.1, 0.15) is 11.4 Å². The Morgan fingerprint density at radius 2 is 2.19 bits per heavy atom. The van der Waals surface area contributed by atoms with Crippen LogP contribution in [0.3, 0.4) is 0 Å². The van der Waals surface area contributed by atoms with Crippen molar-refractivity contribution in [3.63, 3.8) is 0 Å². The number of aryl methyl sites for hydroxylation is 1. The molecular weight excluding hydrogens is 426 g/mol. The van der Waals surface area contributed by atoms with E-state index in [-0.39, 0.29) is 22.2 Å². The molecule has 26 heavy (non-hydrogen) atoms. The Bertz CT molecular complexity index is 855. The first-order chi connectivity index (χ1) is 12.3. The molecular formula is C15H16BrN5O4S. The molecule has 1 aromatic heterocycles. The summed E-state index contributed by atoms with van der Waals surface area (Å²) in [5.41, 5.74) is 0.0862. The van der Waals surface area contributed by atoms with Crippen LogP contribution in [0.2, 0.25) is 0 Å². The maximum Gasteiger partial charge on any atom is 0.296 e. The number of thiocarbonyl (C=S) groups is 1. The summed E-state index contributed by atoms with van der Waals surface area (Å²) in [5, 5.41) is 20.4. The molecule has 0 radical (unpaired) electrons. The molecule has 0 spiro atoms. The van der Waals surface area contributed by atoms with Crippen molar-refractivity contribution in [1.82, 2.24) is 15.1 Å². The van der Waals surface area contributed by atoms with Crippen molar-refractivity contribution in [3.05, 3.63) is 44.7 Å². The number of anilines is 1. The minimum atomic E-state index is -0.561. The van der Waals surface area contributed by atoms with Crippen LogP contribution < -0.4 is 15.4 Å². The van der Waals surface area contributed by atoms with Crippen molar-refractivity contribution in [2.75, 3.05) is 11.9 Å². The molecule has 2 rings (SSSR count). The van der Waals surface area contributed by atoms with Crippen LogP contribution >= 0.6 is 28.1 Å². The second-order valence-electron chi connectivity index (χ2n) is 4.96. The maximum absolute atomic E-state index is 12.3. The standard InChI is InChI=1S/C15H16BrN5O4S/c1-3-20-8-10(16)13(19-20)14(22)18-15(26)17-11-6-5-9(25-4-2)7-12(11)21(23)24/h5-8H,3-4H2,1-2H3,(H2,17,18,22,26). The number of nitrogens with zero attached hydrogens (tertiary/aromatic N) is 3. The van der Waals surface area contributed by atoms with E-state index < -0.39 is 10.8 Å². The topological polar surface area (TPSA) is 111 Å². The number of carbonyl (C=O) groups excluding carboxylic acids is 1. The fourth-order valence-corrected chi connectivity index (χ4v) is 2.75. The predicted molar refractivity (Wildman–Crippen MR) is 104 cm³/mol. The van der Waals surface area contributed by atoms with Gasteiger partial charge in [0.25, 0.3) is 11.6 Å². The number of hydrogen-bond acceptors (Lipinski definition) is 6. The zero-order valence-corrected chi connectivity index (χ0v) is 16.4. The number of halogens is 1. The van der Waals surface area contributed by atoms with Gasteiger partial charge < -0.3 is 10.1 Å². The van der Waals surface area contributed by atoms with Gasteiger partial charge in [-0.3, -0.25) is 24.9 Å². The smallest absolute Gasteiger partial charge is 0.296 e. The van der Waals surface area contributed by atoms with Gasteiger partial charge in [0.15, 0.2) is 10.8 Å². The lowest BCUT2D eigenvalue weighted by molar-refractivity contribution is -0.384. The largest absolute Gasteiger partial charge is 0.494 e. The summed E-state index contributed by atoms with van der Waals surface area (Å²) in [6.07, 6.45) is 1.67. The van der Waals surface area contributed by atoms with E-state index in [2.05, 4.69) is 31.7 Å². The van der Waals surface area contributed by atoms with Crippen LogP contribution in [0, 0.1) is 10.1 Å². The van der Waals surface area contributed by atoms with Crippen LogP contribution in [0.4, 0.5) is 11.4 Å². The lowest BCUT2D eigenvalue weighted by atomic mass is 10.2. The molecule has 138 valence electrons. The molecule has 0 bridgehead atoms. The molecule has 0 aliphatic heterocycles. The molecule has 1 heterocycles. The summed E-state index contributed by atoms with van der Waals surface area (Å²) in [6, 6.07) is 4.32. The predicted octanol–water partition coefficient (Wildman–Crippen LogP) is 3.10. The third-order valence-corrected chi connectivity index (χ3v) is 3.99. The zero-order valence-electron chi connectivity index (χ0n) is 14.0. The molecule has 0 saturated carbocycles. The van der Waals surface area contributed by atoms with E-state index in [9.17, 15) is 14.9 Å². The quantitative estimate of drug-likeness (QED) is 0.402. The van der Waals surface area contributed by atoms with Crippen molar-refractivity contribution < 1.29 is 14.5 Å². The Labute approximate surface area is 163 Å². The number of nitrogens with one attached hydrogen (secondary N) is 2. The van der Waals surface area contributed by atoms with Crippen LogP contribution in [-0.4, -0.2) is 32.3 Å². The normalized spacial score (nSPS) is 10.3. The highest BCUT2D eigenvalue weighted by Gasteiger charge is 2.19. The summed E-state index contributed by atoms with van der Waals surface area (Å²) in [4.78, 5) is 22.9. The van der Waals surface area contributed by atoms with E-state index in [4.69, 9.17) is 17.0 Å². The third-order valence-electron chi connectivity index (χ3n) is 3.21.